The van der Waals surface area contributed by atoms with E-state index in [9.17, 15) is 10.1 Å². The zero-order valence-electron chi connectivity index (χ0n) is 12.3. The molecule has 0 fully saturated rings. The topological polar surface area (TPSA) is 82.1 Å². The van der Waals surface area contributed by atoms with Crippen molar-refractivity contribution in [1.29, 1.82) is 0 Å². The van der Waals surface area contributed by atoms with E-state index in [1.807, 2.05) is 31.2 Å². The SMILES string of the molecule is Cc1cccc(-c2nnc(/C=C/c3ccc([N+](=O)[O-])cc3)o2)c1. The fourth-order valence-electron chi connectivity index (χ4n) is 2.07. The molecule has 0 spiro atoms. The maximum atomic E-state index is 10.6. The van der Waals surface area contributed by atoms with Crippen LogP contribution in [0.25, 0.3) is 23.6 Å². The van der Waals surface area contributed by atoms with E-state index in [4.69, 9.17) is 4.42 Å². The van der Waals surface area contributed by atoms with Crippen LogP contribution in [0.15, 0.2) is 52.9 Å². The van der Waals surface area contributed by atoms with Crippen LogP contribution in [0.2, 0.25) is 0 Å². The minimum absolute atomic E-state index is 0.0571. The van der Waals surface area contributed by atoms with Gasteiger partial charge in [-0.25, -0.2) is 0 Å². The zero-order chi connectivity index (χ0) is 16.2. The van der Waals surface area contributed by atoms with Gasteiger partial charge in [0.15, 0.2) is 0 Å². The van der Waals surface area contributed by atoms with Crippen LogP contribution in [-0.2, 0) is 0 Å². The summed E-state index contributed by atoms with van der Waals surface area (Å²) in [5.41, 5.74) is 2.85. The molecule has 114 valence electrons. The normalized spacial score (nSPS) is 11.0. The number of aromatic nitrogens is 2. The van der Waals surface area contributed by atoms with Crippen LogP contribution in [0.5, 0.6) is 0 Å². The van der Waals surface area contributed by atoms with Crippen LogP contribution in [0.1, 0.15) is 17.0 Å². The smallest absolute Gasteiger partial charge is 0.269 e. The molecule has 2 aromatic carbocycles. The van der Waals surface area contributed by atoms with Crippen LogP contribution in [0.4, 0.5) is 5.69 Å². The third kappa shape index (κ3) is 3.49. The van der Waals surface area contributed by atoms with Crippen molar-refractivity contribution < 1.29 is 9.34 Å². The molecule has 0 aliphatic heterocycles. The van der Waals surface area contributed by atoms with Crippen LogP contribution >= 0.6 is 0 Å². The molecule has 23 heavy (non-hydrogen) atoms. The Balaban J connectivity index is 1.77. The Morgan fingerprint density at radius 2 is 1.87 bits per heavy atom. The molecule has 6 nitrogen and oxygen atoms in total. The highest BCUT2D eigenvalue weighted by Gasteiger charge is 2.07. The molecule has 1 heterocycles. The minimum atomic E-state index is -0.431. The van der Waals surface area contributed by atoms with E-state index in [-0.39, 0.29) is 5.69 Å². The lowest BCUT2D eigenvalue weighted by Crippen LogP contribution is -1.86. The minimum Gasteiger partial charge on any atom is -0.417 e. The first-order valence-corrected chi connectivity index (χ1v) is 6.95. The molecular formula is C17H13N3O3. The van der Waals surface area contributed by atoms with E-state index in [1.54, 1.807) is 24.3 Å². The summed E-state index contributed by atoms with van der Waals surface area (Å²) in [5, 5.41) is 18.6. The summed E-state index contributed by atoms with van der Waals surface area (Å²) in [5.74, 6) is 0.830. The standard InChI is InChI=1S/C17H13N3O3/c1-12-3-2-4-14(11-12)17-19-18-16(23-17)10-7-13-5-8-15(9-6-13)20(21)22/h2-11H,1H3/b10-7+. The predicted octanol–water partition coefficient (Wildman–Crippen LogP) is 4.12. The van der Waals surface area contributed by atoms with Gasteiger partial charge in [0.1, 0.15) is 0 Å². The lowest BCUT2D eigenvalue weighted by Gasteiger charge is -1.95. The number of nitro benzene ring substituents is 1. The number of nitro groups is 1. The molecule has 0 aliphatic rings. The van der Waals surface area contributed by atoms with Crippen molar-refractivity contribution in [2.75, 3.05) is 0 Å². The number of benzene rings is 2. The molecule has 0 bridgehead atoms. The summed E-state index contributed by atoms with van der Waals surface area (Å²) < 4.78 is 5.59. The van der Waals surface area contributed by atoms with Crippen molar-refractivity contribution >= 4 is 17.8 Å². The van der Waals surface area contributed by atoms with Crippen molar-refractivity contribution in [2.45, 2.75) is 6.92 Å². The Hall–Kier alpha value is -3.28. The third-order valence-corrected chi connectivity index (χ3v) is 3.23. The molecule has 0 unspecified atom stereocenters. The fraction of sp³-hybridized carbons (Fsp3) is 0.0588. The van der Waals surface area contributed by atoms with Crippen molar-refractivity contribution in [2.24, 2.45) is 0 Å². The van der Waals surface area contributed by atoms with Gasteiger partial charge < -0.3 is 4.42 Å². The predicted molar refractivity (Wildman–Crippen MR) is 86.5 cm³/mol. The summed E-state index contributed by atoms with van der Waals surface area (Å²) in [4.78, 5) is 10.2. The van der Waals surface area contributed by atoms with Crippen molar-refractivity contribution in [1.82, 2.24) is 10.2 Å². The Bertz CT molecular complexity index is 867. The van der Waals surface area contributed by atoms with Gasteiger partial charge in [0, 0.05) is 23.8 Å². The van der Waals surface area contributed by atoms with Gasteiger partial charge >= 0.3 is 0 Å². The first-order valence-electron chi connectivity index (χ1n) is 6.95. The molecule has 3 aromatic rings. The van der Waals surface area contributed by atoms with Gasteiger partial charge in [-0.05, 0) is 42.8 Å². The molecule has 0 amide bonds. The highest BCUT2D eigenvalue weighted by Crippen LogP contribution is 2.20. The molecule has 6 heteroatoms. The van der Waals surface area contributed by atoms with Gasteiger partial charge in [-0.3, -0.25) is 10.1 Å². The molecule has 0 saturated heterocycles. The van der Waals surface area contributed by atoms with Crippen molar-refractivity contribution in [3.63, 3.8) is 0 Å². The first-order chi connectivity index (χ1) is 11.1. The van der Waals surface area contributed by atoms with E-state index in [1.165, 1.54) is 12.1 Å². The van der Waals surface area contributed by atoms with Crippen molar-refractivity contribution in [3.8, 4) is 11.5 Å². The fourth-order valence-corrected chi connectivity index (χ4v) is 2.07. The lowest BCUT2D eigenvalue weighted by molar-refractivity contribution is -0.384. The van der Waals surface area contributed by atoms with Crippen LogP contribution in [0, 0.1) is 17.0 Å². The van der Waals surface area contributed by atoms with Gasteiger partial charge in [0.25, 0.3) is 5.69 Å². The van der Waals surface area contributed by atoms with Gasteiger partial charge in [0.2, 0.25) is 11.8 Å². The molecule has 0 N–H and O–H groups in total. The number of aryl methyl sites for hydroxylation is 1. The molecule has 0 radical (unpaired) electrons. The van der Waals surface area contributed by atoms with E-state index < -0.39 is 4.92 Å². The van der Waals surface area contributed by atoms with Crippen LogP contribution in [0.3, 0.4) is 0 Å². The molecule has 0 atom stereocenters. The van der Waals surface area contributed by atoms with Crippen LogP contribution in [-0.4, -0.2) is 15.1 Å². The van der Waals surface area contributed by atoms with E-state index in [0.29, 0.717) is 11.8 Å². The maximum absolute atomic E-state index is 10.6. The number of non-ortho nitro benzene ring substituents is 1. The monoisotopic (exact) mass is 307 g/mol. The molecule has 0 saturated carbocycles. The van der Waals surface area contributed by atoms with E-state index in [0.717, 1.165) is 16.7 Å². The maximum Gasteiger partial charge on any atom is 0.269 e. The quantitative estimate of drug-likeness (QED) is 0.535. The average molecular weight is 307 g/mol. The molecule has 3 rings (SSSR count). The number of hydrogen-bond acceptors (Lipinski definition) is 5. The summed E-state index contributed by atoms with van der Waals surface area (Å²) in [6.45, 7) is 2.00. The summed E-state index contributed by atoms with van der Waals surface area (Å²) in [6, 6.07) is 14.0. The van der Waals surface area contributed by atoms with Gasteiger partial charge in [-0.15, -0.1) is 10.2 Å². The van der Waals surface area contributed by atoms with Gasteiger partial charge in [-0.2, -0.15) is 0 Å². The summed E-state index contributed by atoms with van der Waals surface area (Å²) >= 11 is 0. The number of nitrogens with zero attached hydrogens (tertiary/aromatic N) is 3. The summed E-state index contributed by atoms with van der Waals surface area (Å²) in [7, 11) is 0. The van der Waals surface area contributed by atoms with Crippen molar-refractivity contribution in [3.05, 3.63) is 75.7 Å². The Labute approximate surface area is 132 Å². The third-order valence-electron chi connectivity index (χ3n) is 3.23. The lowest BCUT2D eigenvalue weighted by atomic mass is 10.1. The summed E-state index contributed by atoms with van der Waals surface area (Å²) in [6.07, 6.45) is 3.44. The van der Waals surface area contributed by atoms with Gasteiger partial charge in [0.05, 0.1) is 4.92 Å². The Morgan fingerprint density at radius 3 is 2.57 bits per heavy atom. The van der Waals surface area contributed by atoms with Gasteiger partial charge in [-0.1, -0.05) is 17.7 Å². The Kier molecular flexibility index (Phi) is 3.97. The van der Waals surface area contributed by atoms with Crippen LogP contribution < -0.4 is 0 Å². The largest absolute Gasteiger partial charge is 0.417 e. The highest BCUT2D eigenvalue weighted by molar-refractivity contribution is 5.67. The van der Waals surface area contributed by atoms with E-state index >= 15 is 0 Å². The highest BCUT2D eigenvalue weighted by atomic mass is 16.6. The Morgan fingerprint density at radius 1 is 1.09 bits per heavy atom. The first kappa shape index (κ1) is 14.6. The van der Waals surface area contributed by atoms with E-state index in [2.05, 4.69) is 10.2 Å². The second-order valence-electron chi connectivity index (χ2n) is 5.00. The molecule has 0 aliphatic carbocycles. The second kappa shape index (κ2) is 6.23. The zero-order valence-corrected chi connectivity index (χ0v) is 12.3. The molecule has 1 aromatic heterocycles. The molecular weight excluding hydrogens is 294 g/mol. The second-order valence-corrected chi connectivity index (χ2v) is 5.00. The average Bonchev–Trinajstić information content (AvgIpc) is 3.02. The number of hydrogen-bond donors (Lipinski definition) is 0. The number of rotatable bonds is 4.